The van der Waals surface area contributed by atoms with E-state index in [1.165, 1.54) is 19.4 Å². The van der Waals surface area contributed by atoms with Crippen LogP contribution in [0.15, 0.2) is 24.4 Å². The minimum Gasteiger partial charge on any atom is -0.507 e. The van der Waals surface area contributed by atoms with Gasteiger partial charge in [0, 0.05) is 55.6 Å². The van der Waals surface area contributed by atoms with Crippen molar-refractivity contribution in [1.29, 1.82) is 0 Å². The number of ketones is 2. The molecule has 0 amide bonds. The smallest absolute Gasteiger partial charge is 0.202 e. The zero-order valence-electron chi connectivity index (χ0n) is 26.9. The zero-order valence-corrected chi connectivity index (χ0v) is 26.9. The summed E-state index contributed by atoms with van der Waals surface area (Å²) in [4.78, 5) is 37.4. The molecule has 14 heteroatoms. The molecule has 0 radical (unpaired) electrons. The third-order valence-electron chi connectivity index (χ3n) is 10.4. The number of morpholine rings is 1. The Labute approximate surface area is 275 Å². The monoisotopic (exact) mass is 663 g/mol. The van der Waals surface area contributed by atoms with Crippen molar-refractivity contribution in [3.05, 3.63) is 69.3 Å². The molecule has 3 saturated heterocycles. The highest BCUT2D eigenvalue weighted by Gasteiger charge is 2.55. The van der Waals surface area contributed by atoms with Gasteiger partial charge >= 0.3 is 0 Å². The van der Waals surface area contributed by atoms with Crippen LogP contribution in [-0.4, -0.2) is 106 Å². The fraction of sp³-hybridized carbons (Fsp3) is 0.500. The number of phenols is 2. The Morgan fingerprint density at radius 1 is 1.08 bits per heavy atom. The predicted octanol–water partition coefficient (Wildman–Crippen LogP) is 2.34. The number of aliphatic hydroxyl groups is 1. The number of carbonyl (C=O) groups excluding carboxylic acids is 2. The highest BCUT2D eigenvalue weighted by atomic mass is 16.7. The number of aromatic nitrogens is 2. The van der Waals surface area contributed by atoms with E-state index >= 15 is 0 Å². The summed E-state index contributed by atoms with van der Waals surface area (Å²) in [7, 11) is 2.95. The van der Waals surface area contributed by atoms with Crippen molar-refractivity contribution >= 4 is 11.6 Å². The third kappa shape index (κ3) is 4.55. The number of carbonyl (C=O) groups is 2. The SMILES string of the molecule is COc1cccc2c1C(=O)c1c(O)c3c(c(O)c1C2=O)C[C@@](O)(c1cnc(C)[nH]1)C[C@@H]3O[C@H]1C[C@H]2[C@H](O[C@@H]3[C@@H](OC)OCCN32)[C@H](C)O1. The first kappa shape index (κ1) is 31.4. The number of aryl methyl sites for hydroxylation is 1. The van der Waals surface area contributed by atoms with Crippen molar-refractivity contribution in [2.45, 2.75) is 81.9 Å². The Morgan fingerprint density at radius 2 is 1.88 bits per heavy atom. The number of nitrogens with zero attached hydrogens (tertiary/aromatic N) is 2. The molecule has 254 valence electrons. The molecule has 14 nitrogen and oxygen atoms in total. The standard InChI is InChI=1S/C34H37N3O11/c1-14-31-18(37-8-9-45-33(44-4)32(37)48-31)10-22(46-14)47-20-12-34(42,21-13-35-15(2)36-21)11-17-24(20)30(41)26-25(28(17)39)27(38)16-6-5-7-19(43-3)23(16)29(26)40/h5-7,13-14,18,20,22,31-33,39,41-42H,8-12H2,1-4H3,(H,35,36)/t14-,18-,20-,22-,31+,32+,33-,34-/m0/s1. The number of benzene rings is 2. The first-order chi connectivity index (χ1) is 23.0. The van der Waals surface area contributed by atoms with Crippen molar-refractivity contribution < 1.29 is 53.3 Å². The van der Waals surface area contributed by atoms with Gasteiger partial charge in [-0.3, -0.25) is 14.5 Å². The van der Waals surface area contributed by atoms with Crippen LogP contribution in [0.5, 0.6) is 17.2 Å². The molecule has 0 unspecified atom stereocenters. The maximum Gasteiger partial charge on any atom is 0.202 e. The average Bonchev–Trinajstić information content (AvgIpc) is 3.69. The van der Waals surface area contributed by atoms with Crippen LogP contribution in [0, 0.1) is 6.92 Å². The number of ether oxygens (including phenoxy) is 6. The minimum absolute atomic E-state index is 0.00369. The van der Waals surface area contributed by atoms with Crippen LogP contribution in [0.3, 0.4) is 0 Å². The highest BCUT2D eigenvalue weighted by molar-refractivity contribution is 6.31. The number of nitrogens with one attached hydrogen (secondary N) is 1. The molecule has 3 fully saturated rings. The number of hydrogen-bond donors (Lipinski definition) is 4. The predicted molar refractivity (Wildman–Crippen MR) is 164 cm³/mol. The van der Waals surface area contributed by atoms with E-state index in [0.717, 1.165) is 0 Å². The van der Waals surface area contributed by atoms with E-state index in [4.69, 9.17) is 28.4 Å². The molecule has 4 heterocycles. The fourth-order valence-electron chi connectivity index (χ4n) is 8.19. The van der Waals surface area contributed by atoms with Crippen molar-refractivity contribution in [3.63, 3.8) is 0 Å². The Bertz CT molecular complexity index is 1830. The molecule has 3 aliphatic heterocycles. The summed E-state index contributed by atoms with van der Waals surface area (Å²) in [6, 6.07) is 4.50. The van der Waals surface area contributed by atoms with E-state index in [2.05, 4.69) is 14.9 Å². The Morgan fingerprint density at radius 3 is 2.60 bits per heavy atom. The molecule has 5 aliphatic rings. The Kier molecular flexibility index (Phi) is 7.41. The lowest BCUT2D eigenvalue weighted by Crippen LogP contribution is -2.55. The van der Waals surface area contributed by atoms with E-state index in [9.17, 15) is 24.9 Å². The summed E-state index contributed by atoms with van der Waals surface area (Å²) >= 11 is 0. The molecular formula is C34H37N3O11. The molecule has 48 heavy (non-hydrogen) atoms. The number of aromatic amines is 1. The van der Waals surface area contributed by atoms with Gasteiger partial charge in [0.1, 0.15) is 34.8 Å². The van der Waals surface area contributed by atoms with Crippen LogP contribution in [0.25, 0.3) is 0 Å². The molecule has 1 aromatic heterocycles. The van der Waals surface area contributed by atoms with Gasteiger partial charge in [0.15, 0.2) is 24.6 Å². The van der Waals surface area contributed by atoms with E-state index in [1.807, 2.05) is 6.92 Å². The maximum absolute atomic E-state index is 14.0. The van der Waals surface area contributed by atoms with E-state index in [0.29, 0.717) is 31.1 Å². The van der Waals surface area contributed by atoms with E-state index < -0.39 is 59.7 Å². The Hall–Kier alpha value is -3.89. The highest BCUT2D eigenvalue weighted by Crippen LogP contribution is 2.54. The first-order valence-corrected chi connectivity index (χ1v) is 16.0. The van der Waals surface area contributed by atoms with Gasteiger partial charge in [0.05, 0.1) is 54.5 Å². The van der Waals surface area contributed by atoms with Crippen LogP contribution in [-0.2, 0) is 35.7 Å². The summed E-state index contributed by atoms with van der Waals surface area (Å²) < 4.78 is 36.0. The lowest BCUT2D eigenvalue weighted by atomic mass is 9.72. The number of rotatable bonds is 5. The van der Waals surface area contributed by atoms with Crippen LogP contribution >= 0.6 is 0 Å². The number of fused-ring (bicyclic) bond motifs is 6. The first-order valence-electron chi connectivity index (χ1n) is 16.0. The summed E-state index contributed by atoms with van der Waals surface area (Å²) in [5.41, 5.74) is -1.72. The lowest BCUT2D eigenvalue weighted by molar-refractivity contribution is -0.256. The molecule has 0 bridgehead atoms. The topological polar surface area (TPSA) is 182 Å². The maximum atomic E-state index is 14.0. The second-order valence-electron chi connectivity index (χ2n) is 13.1. The van der Waals surface area contributed by atoms with Crippen LogP contribution < -0.4 is 4.74 Å². The number of H-pyrrole nitrogens is 1. The number of aromatic hydroxyl groups is 2. The normalized spacial score (nSPS) is 32.6. The van der Waals surface area contributed by atoms with Crippen LogP contribution in [0.2, 0.25) is 0 Å². The number of imidazole rings is 1. The van der Waals surface area contributed by atoms with Crippen LogP contribution in [0.4, 0.5) is 0 Å². The fourth-order valence-corrected chi connectivity index (χ4v) is 8.19. The second kappa shape index (κ2) is 11.3. The molecule has 2 aliphatic carbocycles. The van der Waals surface area contributed by atoms with Gasteiger partial charge in [-0.05, 0) is 19.9 Å². The second-order valence-corrected chi connectivity index (χ2v) is 13.1. The summed E-state index contributed by atoms with van der Waals surface area (Å²) in [5, 5.41) is 35.9. The zero-order chi connectivity index (χ0) is 33.6. The number of methoxy groups -OCH3 is 2. The van der Waals surface area contributed by atoms with Crippen molar-refractivity contribution in [2.24, 2.45) is 0 Å². The molecule has 2 aromatic carbocycles. The lowest BCUT2D eigenvalue weighted by Gasteiger charge is -2.43. The van der Waals surface area contributed by atoms with E-state index in [1.54, 1.807) is 26.2 Å². The van der Waals surface area contributed by atoms with Crippen LogP contribution in [0.1, 0.15) is 80.4 Å². The molecule has 3 aromatic rings. The molecule has 0 spiro atoms. The number of hydrogen-bond acceptors (Lipinski definition) is 13. The summed E-state index contributed by atoms with van der Waals surface area (Å²) in [6.07, 6.45) is -1.94. The van der Waals surface area contributed by atoms with Gasteiger partial charge in [-0.25, -0.2) is 4.98 Å². The Balaban J connectivity index is 1.22. The van der Waals surface area contributed by atoms with Gasteiger partial charge in [0.2, 0.25) is 5.78 Å². The van der Waals surface area contributed by atoms with Gasteiger partial charge in [-0.2, -0.15) is 0 Å². The van der Waals surface area contributed by atoms with Gasteiger partial charge in [0.25, 0.3) is 0 Å². The van der Waals surface area contributed by atoms with Crippen molar-refractivity contribution in [3.8, 4) is 17.2 Å². The molecule has 8 atom stereocenters. The summed E-state index contributed by atoms with van der Waals surface area (Å²) in [6.45, 7) is 4.73. The molecular weight excluding hydrogens is 626 g/mol. The quantitative estimate of drug-likeness (QED) is 0.229. The largest absolute Gasteiger partial charge is 0.507 e. The van der Waals surface area contributed by atoms with Gasteiger partial charge < -0.3 is 48.7 Å². The van der Waals surface area contributed by atoms with E-state index in [-0.39, 0.29) is 64.1 Å². The van der Waals surface area contributed by atoms with Crippen molar-refractivity contribution in [2.75, 3.05) is 27.4 Å². The average molecular weight is 664 g/mol. The van der Waals surface area contributed by atoms with Gasteiger partial charge in [-0.1, -0.05) is 12.1 Å². The molecule has 0 saturated carbocycles. The third-order valence-corrected chi connectivity index (χ3v) is 10.4. The molecule has 8 rings (SSSR count). The molecule has 4 N–H and O–H groups in total. The summed E-state index contributed by atoms with van der Waals surface area (Å²) in [5.74, 6) is -1.59. The van der Waals surface area contributed by atoms with Crippen molar-refractivity contribution in [1.82, 2.24) is 14.9 Å². The minimum atomic E-state index is -1.65. The van der Waals surface area contributed by atoms with Gasteiger partial charge in [-0.15, -0.1) is 0 Å². The number of phenolic OH excluding ortho intramolecular Hbond substituents is 2.